The number of amides is 2. The normalized spacial score (nSPS) is 21.3. The quantitative estimate of drug-likeness (QED) is 0.685. The summed E-state index contributed by atoms with van der Waals surface area (Å²) in [4.78, 5) is 13.1. The topological polar surface area (TPSA) is 87.7 Å². The van der Waals surface area contributed by atoms with E-state index in [0.717, 1.165) is 16.3 Å². The number of hydrogen-bond donors (Lipinski definition) is 2. The van der Waals surface area contributed by atoms with Crippen LogP contribution in [0.1, 0.15) is 20.8 Å². The number of benzene rings is 1. The predicted molar refractivity (Wildman–Crippen MR) is 105 cm³/mol. The second-order valence-corrected chi connectivity index (χ2v) is 9.59. The summed E-state index contributed by atoms with van der Waals surface area (Å²) in [5, 5.41) is 5.40. The Morgan fingerprint density at radius 3 is 2.58 bits per heavy atom. The van der Waals surface area contributed by atoms with Gasteiger partial charge in [0, 0.05) is 24.5 Å². The first-order chi connectivity index (χ1) is 12.3. The van der Waals surface area contributed by atoms with Crippen molar-refractivity contribution in [2.45, 2.75) is 37.9 Å². The lowest BCUT2D eigenvalue weighted by Gasteiger charge is -2.34. The maximum absolute atomic E-state index is 12.5. The van der Waals surface area contributed by atoms with Gasteiger partial charge in [0.15, 0.2) is 0 Å². The Morgan fingerprint density at radius 2 is 1.92 bits per heavy atom. The Balaban J connectivity index is 1.84. The molecule has 2 N–H and O–H groups in total. The van der Waals surface area contributed by atoms with E-state index in [1.165, 1.54) is 4.31 Å². The largest absolute Gasteiger partial charge is 0.373 e. The van der Waals surface area contributed by atoms with Crippen LogP contribution in [-0.2, 0) is 14.8 Å². The average molecular weight is 402 g/mol. The molecular formula is C17H27N3O4S2. The van der Waals surface area contributed by atoms with E-state index in [1.54, 1.807) is 11.8 Å². The summed E-state index contributed by atoms with van der Waals surface area (Å²) in [6, 6.07) is 7.12. The molecule has 1 aromatic rings. The molecule has 0 unspecified atom stereocenters. The number of ether oxygens (including phenoxy) is 1. The Hall–Kier alpha value is -1.29. The molecule has 2 atom stereocenters. The summed E-state index contributed by atoms with van der Waals surface area (Å²) >= 11 is 1.63. The summed E-state index contributed by atoms with van der Waals surface area (Å²) in [5.41, 5.74) is 0.718. The summed E-state index contributed by atoms with van der Waals surface area (Å²) in [6.45, 7) is 6.50. The molecule has 1 heterocycles. The van der Waals surface area contributed by atoms with Gasteiger partial charge in [-0.25, -0.2) is 13.2 Å². The molecule has 0 aliphatic carbocycles. The number of morpholine rings is 1. The van der Waals surface area contributed by atoms with Crippen LogP contribution in [0, 0.1) is 0 Å². The van der Waals surface area contributed by atoms with E-state index in [4.69, 9.17) is 4.74 Å². The van der Waals surface area contributed by atoms with Crippen molar-refractivity contribution < 1.29 is 17.9 Å². The summed E-state index contributed by atoms with van der Waals surface area (Å²) in [6.07, 6.45) is -0.255. The van der Waals surface area contributed by atoms with Crippen LogP contribution in [0.15, 0.2) is 29.2 Å². The highest BCUT2D eigenvalue weighted by molar-refractivity contribution is 7.99. The molecule has 26 heavy (non-hydrogen) atoms. The highest BCUT2D eigenvalue weighted by Gasteiger charge is 2.30. The molecule has 0 aromatic heterocycles. The van der Waals surface area contributed by atoms with Crippen molar-refractivity contribution in [2.75, 3.05) is 36.5 Å². The standard InChI is InChI=1S/C17H27N3O4S2/c1-4-25-16-8-6-5-7-15(16)19-17(21)18-9-10-26(22,23)20-11-13(2)24-14(3)12-20/h5-8,13-14H,4,9-12H2,1-3H3,(H2,18,19,21)/t13-,14+. The molecule has 2 amide bonds. The second kappa shape index (κ2) is 9.59. The molecule has 1 aliphatic heterocycles. The minimum atomic E-state index is -3.43. The SMILES string of the molecule is CCSc1ccccc1NC(=O)NCCS(=O)(=O)N1C[C@@H](C)O[C@@H](C)C1. The Bertz CT molecular complexity index is 702. The second-order valence-electron chi connectivity index (χ2n) is 6.20. The van der Waals surface area contributed by atoms with Crippen molar-refractivity contribution in [2.24, 2.45) is 0 Å². The van der Waals surface area contributed by atoms with Crippen LogP contribution >= 0.6 is 11.8 Å². The molecule has 0 radical (unpaired) electrons. The van der Waals surface area contributed by atoms with Crippen molar-refractivity contribution in [1.29, 1.82) is 0 Å². The molecule has 2 rings (SSSR count). The number of nitrogens with zero attached hydrogens (tertiary/aromatic N) is 1. The van der Waals surface area contributed by atoms with Gasteiger partial charge in [-0.2, -0.15) is 4.31 Å². The molecular weight excluding hydrogens is 374 g/mol. The molecule has 1 aliphatic rings. The van der Waals surface area contributed by atoms with Gasteiger partial charge in [-0.15, -0.1) is 11.8 Å². The molecule has 0 saturated carbocycles. The van der Waals surface area contributed by atoms with E-state index in [-0.39, 0.29) is 24.5 Å². The minimum absolute atomic E-state index is 0.0529. The third kappa shape index (κ3) is 6.15. The van der Waals surface area contributed by atoms with Crippen LogP contribution in [0.4, 0.5) is 10.5 Å². The molecule has 1 aromatic carbocycles. The number of sulfonamides is 1. The first-order valence-corrected chi connectivity index (χ1v) is 11.3. The van der Waals surface area contributed by atoms with Crippen LogP contribution in [0.25, 0.3) is 0 Å². The number of hydrogen-bond acceptors (Lipinski definition) is 5. The number of nitrogens with one attached hydrogen (secondary N) is 2. The van der Waals surface area contributed by atoms with E-state index >= 15 is 0 Å². The molecule has 0 spiro atoms. The summed E-state index contributed by atoms with van der Waals surface area (Å²) < 4.78 is 31.9. The number of thioether (sulfide) groups is 1. The van der Waals surface area contributed by atoms with E-state index in [0.29, 0.717) is 13.1 Å². The van der Waals surface area contributed by atoms with E-state index < -0.39 is 16.1 Å². The highest BCUT2D eigenvalue weighted by Crippen LogP contribution is 2.26. The lowest BCUT2D eigenvalue weighted by Crippen LogP contribution is -2.49. The van der Waals surface area contributed by atoms with Gasteiger partial charge in [-0.3, -0.25) is 0 Å². The average Bonchev–Trinajstić information content (AvgIpc) is 2.56. The minimum Gasteiger partial charge on any atom is -0.373 e. The molecule has 1 saturated heterocycles. The number of para-hydroxylation sites is 1. The number of urea groups is 1. The van der Waals surface area contributed by atoms with Crippen LogP contribution in [0.3, 0.4) is 0 Å². The van der Waals surface area contributed by atoms with Gasteiger partial charge in [-0.05, 0) is 31.7 Å². The predicted octanol–water partition coefficient (Wildman–Crippen LogP) is 2.36. The van der Waals surface area contributed by atoms with Gasteiger partial charge in [0.05, 0.1) is 23.6 Å². The Labute approximate surface area is 159 Å². The lowest BCUT2D eigenvalue weighted by atomic mass is 10.3. The lowest BCUT2D eigenvalue weighted by molar-refractivity contribution is -0.0440. The zero-order chi connectivity index (χ0) is 19.2. The van der Waals surface area contributed by atoms with Crippen molar-refractivity contribution in [3.63, 3.8) is 0 Å². The summed E-state index contributed by atoms with van der Waals surface area (Å²) in [5.74, 6) is 0.764. The monoisotopic (exact) mass is 401 g/mol. The smallest absolute Gasteiger partial charge is 0.319 e. The number of carbonyl (C=O) groups is 1. The summed E-state index contributed by atoms with van der Waals surface area (Å²) in [7, 11) is -3.43. The van der Waals surface area contributed by atoms with Gasteiger partial charge in [0.25, 0.3) is 0 Å². The molecule has 7 nitrogen and oxygen atoms in total. The van der Waals surface area contributed by atoms with E-state index in [9.17, 15) is 13.2 Å². The van der Waals surface area contributed by atoms with Crippen LogP contribution in [0.5, 0.6) is 0 Å². The molecule has 0 bridgehead atoms. The Morgan fingerprint density at radius 1 is 1.27 bits per heavy atom. The number of rotatable bonds is 7. The van der Waals surface area contributed by atoms with Gasteiger partial charge in [-0.1, -0.05) is 19.1 Å². The first-order valence-electron chi connectivity index (χ1n) is 8.71. The van der Waals surface area contributed by atoms with Gasteiger partial charge in [0.2, 0.25) is 10.0 Å². The molecule has 146 valence electrons. The van der Waals surface area contributed by atoms with Crippen molar-refractivity contribution in [3.05, 3.63) is 24.3 Å². The fraction of sp³-hybridized carbons (Fsp3) is 0.588. The van der Waals surface area contributed by atoms with Gasteiger partial charge < -0.3 is 15.4 Å². The van der Waals surface area contributed by atoms with Crippen LogP contribution < -0.4 is 10.6 Å². The van der Waals surface area contributed by atoms with Crippen LogP contribution in [-0.4, -0.2) is 62.1 Å². The zero-order valence-electron chi connectivity index (χ0n) is 15.4. The van der Waals surface area contributed by atoms with Crippen molar-refractivity contribution >= 4 is 33.5 Å². The third-order valence-electron chi connectivity index (χ3n) is 3.86. The highest BCUT2D eigenvalue weighted by atomic mass is 32.2. The van der Waals surface area contributed by atoms with Crippen molar-refractivity contribution in [1.82, 2.24) is 9.62 Å². The van der Waals surface area contributed by atoms with E-state index in [2.05, 4.69) is 10.6 Å². The maximum Gasteiger partial charge on any atom is 0.319 e. The van der Waals surface area contributed by atoms with E-state index in [1.807, 2.05) is 45.0 Å². The first kappa shape index (κ1) is 21.0. The fourth-order valence-corrected chi connectivity index (χ4v) is 5.05. The molecule has 9 heteroatoms. The van der Waals surface area contributed by atoms with Crippen LogP contribution in [0.2, 0.25) is 0 Å². The fourth-order valence-electron chi connectivity index (χ4n) is 2.80. The van der Waals surface area contributed by atoms with Gasteiger partial charge >= 0.3 is 6.03 Å². The Kier molecular flexibility index (Phi) is 7.75. The third-order valence-corrected chi connectivity index (χ3v) is 6.62. The number of anilines is 1. The zero-order valence-corrected chi connectivity index (χ0v) is 17.0. The van der Waals surface area contributed by atoms with Crippen molar-refractivity contribution in [3.8, 4) is 0 Å². The molecule has 1 fully saturated rings. The number of carbonyl (C=O) groups excluding carboxylic acids is 1. The van der Waals surface area contributed by atoms with Gasteiger partial charge in [0.1, 0.15) is 0 Å². The maximum atomic E-state index is 12.5.